The summed E-state index contributed by atoms with van der Waals surface area (Å²) in [7, 11) is 3.24. The van der Waals surface area contributed by atoms with Crippen molar-refractivity contribution in [1.82, 2.24) is 0 Å². The molecule has 1 unspecified atom stereocenters. The van der Waals surface area contributed by atoms with Crippen LogP contribution in [-0.4, -0.2) is 25.4 Å². The molecule has 0 fully saturated rings. The van der Waals surface area contributed by atoms with E-state index in [0.29, 0.717) is 0 Å². The van der Waals surface area contributed by atoms with Crippen LogP contribution in [0.25, 0.3) is 6.08 Å². The van der Waals surface area contributed by atoms with Gasteiger partial charge in [0.05, 0.1) is 20.3 Å². The number of hydrogen-bond acceptors (Lipinski definition) is 3. The quantitative estimate of drug-likeness (QED) is 0.850. The van der Waals surface area contributed by atoms with E-state index >= 15 is 0 Å². The van der Waals surface area contributed by atoms with Crippen LogP contribution in [0.2, 0.25) is 0 Å². The van der Waals surface area contributed by atoms with E-state index in [1.165, 1.54) is 0 Å². The van der Waals surface area contributed by atoms with E-state index in [2.05, 4.69) is 0 Å². The molecule has 0 amide bonds. The Labute approximate surface area is 96.3 Å². The van der Waals surface area contributed by atoms with E-state index in [1.807, 2.05) is 31.2 Å². The van der Waals surface area contributed by atoms with Gasteiger partial charge in [0, 0.05) is 5.56 Å². The summed E-state index contributed by atoms with van der Waals surface area (Å²) < 4.78 is 10.4. The Hall–Kier alpha value is -1.48. The Morgan fingerprint density at radius 2 is 2.00 bits per heavy atom. The Morgan fingerprint density at radius 1 is 1.31 bits per heavy atom. The van der Waals surface area contributed by atoms with Crippen LogP contribution >= 0.6 is 0 Å². The third kappa shape index (κ3) is 3.00. The molecule has 88 valence electrons. The molecule has 1 aromatic rings. The molecule has 0 aliphatic carbocycles. The lowest BCUT2D eigenvalue weighted by molar-refractivity contribution is 0.232. The number of aliphatic hydroxyl groups is 1. The molecule has 0 aromatic heterocycles. The van der Waals surface area contributed by atoms with Crippen molar-refractivity contribution in [2.45, 2.75) is 20.0 Å². The van der Waals surface area contributed by atoms with Gasteiger partial charge in [-0.05, 0) is 43.7 Å². The van der Waals surface area contributed by atoms with E-state index < -0.39 is 6.10 Å². The zero-order valence-corrected chi connectivity index (χ0v) is 10.2. The monoisotopic (exact) mass is 222 g/mol. The van der Waals surface area contributed by atoms with Crippen LogP contribution < -0.4 is 9.47 Å². The molecule has 1 rings (SSSR count). The number of ether oxygens (including phenoxy) is 2. The van der Waals surface area contributed by atoms with E-state index in [4.69, 9.17) is 9.47 Å². The summed E-state index contributed by atoms with van der Waals surface area (Å²) in [6, 6.07) is 5.57. The van der Waals surface area contributed by atoms with Crippen LogP contribution in [0.15, 0.2) is 23.8 Å². The van der Waals surface area contributed by atoms with Crippen LogP contribution in [0.1, 0.15) is 19.4 Å². The minimum absolute atomic E-state index is 0.462. The fourth-order valence-corrected chi connectivity index (χ4v) is 1.32. The van der Waals surface area contributed by atoms with Crippen LogP contribution in [-0.2, 0) is 0 Å². The number of benzene rings is 1. The van der Waals surface area contributed by atoms with Crippen molar-refractivity contribution in [3.05, 3.63) is 29.3 Å². The highest BCUT2D eigenvalue weighted by atomic mass is 16.5. The van der Waals surface area contributed by atoms with Crippen molar-refractivity contribution in [3.63, 3.8) is 0 Å². The average Bonchev–Trinajstić information content (AvgIpc) is 2.28. The summed E-state index contributed by atoms with van der Waals surface area (Å²) in [4.78, 5) is 0. The molecule has 0 saturated carbocycles. The van der Waals surface area contributed by atoms with Crippen LogP contribution in [0.5, 0.6) is 11.5 Å². The molecule has 3 nitrogen and oxygen atoms in total. The first-order valence-electron chi connectivity index (χ1n) is 5.16. The van der Waals surface area contributed by atoms with Crippen molar-refractivity contribution in [3.8, 4) is 11.5 Å². The first kappa shape index (κ1) is 12.6. The lowest BCUT2D eigenvalue weighted by atomic mass is 10.1. The third-order valence-electron chi connectivity index (χ3n) is 2.48. The maximum atomic E-state index is 9.43. The molecule has 1 atom stereocenters. The molecule has 0 aliphatic heterocycles. The number of aliphatic hydroxyl groups excluding tert-OH is 1. The maximum Gasteiger partial charge on any atom is 0.126 e. The van der Waals surface area contributed by atoms with Crippen molar-refractivity contribution in [2.75, 3.05) is 14.2 Å². The van der Waals surface area contributed by atoms with Gasteiger partial charge >= 0.3 is 0 Å². The Morgan fingerprint density at radius 3 is 2.50 bits per heavy atom. The van der Waals surface area contributed by atoms with Crippen molar-refractivity contribution >= 4 is 6.08 Å². The fraction of sp³-hybridized carbons (Fsp3) is 0.385. The first-order valence-corrected chi connectivity index (χ1v) is 5.16. The lowest BCUT2D eigenvalue weighted by Crippen LogP contribution is -2.00. The predicted molar refractivity (Wildman–Crippen MR) is 64.9 cm³/mol. The van der Waals surface area contributed by atoms with Gasteiger partial charge < -0.3 is 14.6 Å². The minimum Gasteiger partial charge on any atom is -0.497 e. The van der Waals surface area contributed by atoms with Gasteiger partial charge in [0.2, 0.25) is 0 Å². The van der Waals surface area contributed by atoms with Gasteiger partial charge in [0.1, 0.15) is 11.5 Å². The van der Waals surface area contributed by atoms with Gasteiger partial charge in [-0.2, -0.15) is 0 Å². The summed E-state index contributed by atoms with van der Waals surface area (Å²) in [6.07, 6.45) is 1.43. The molecule has 0 aliphatic rings. The molecule has 0 radical (unpaired) electrons. The molecule has 0 spiro atoms. The summed E-state index contributed by atoms with van der Waals surface area (Å²) in [5.41, 5.74) is 1.78. The van der Waals surface area contributed by atoms with E-state index in [1.54, 1.807) is 21.1 Å². The highest BCUT2D eigenvalue weighted by Gasteiger charge is 2.05. The third-order valence-corrected chi connectivity index (χ3v) is 2.48. The molecule has 16 heavy (non-hydrogen) atoms. The maximum absolute atomic E-state index is 9.43. The summed E-state index contributed by atoms with van der Waals surface area (Å²) >= 11 is 0. The number of hydrogen-bond donors (Lipinski definition) is 1. The van der Waals surface area contributed by atoms with Gasteiger partial charge in [-0.25, -0.2) is 0 Å². The van der Waals surface area contributed by atoms with Gasteiger partial charge in [-0.1, -0.05) is 0 Å². The fourth-order valence-electron chi connectivity index (χ4n) is 1.32. The first-order chi connectivity index (χ1) is 7.58. The second-order valence-electron chi connectivity index (χ2n) is 3.67. The largest absolute Gasteiger partial charge is 0.497 e. The summed E-state index contributed by atoms with van der Waals surface area (Å²) in [5.74, 6) is 1.53. The zero-order chi connectivity index (χ0) is 12.1. The lowest BCUT2D eigenvalue weighted by Gasteiger charge is -2.09. The van der Waals surface area contributed by atoms with E-state index in [-0.39, 0.29) is 0 Å². The highest BCUT2D eigenvalue weighted by molar-refractivity contribution is 5.62. The molecule has 0 saturated heterocycles. The standard InChI is InChI=1S/C13H18O3/c1-9(10(2)14)7-11-8-12(15-3)5-6-13(11)16-4/h5-8,10,14H,1-4H3/b9-7-. The Bertz CT molecular complexity index is 381. The van der Waals surface area contributed by atoms with E-state index in [0.717, 1.165) is 22.6 Å². The molecule has 0 bridgehead atoms. The normalized spacial score (nSPS) is 13.4. The highest BCUT2D eigenvalue weighted by Crippen LogP contribution is 2.26. The molecule has 0 heterocycles. The average molecular weight is 222 g/mol. The van der Waals surface area contributed by atoms with Crippen LogP contribution in [0, 0.1) is 0 Å². The van der Waals surface area contributed by atoms with Crippen molar-refractivity contribution in [1.29, 1.82) is 0 Å². The molecule has 1 N–H and O–H groups in total. The zero-order valence-electron chi connectivity index (χ0n) is 10.2. The van der Waals surface area contributed by atoms with Crippen LogP contribution in [0.3, 0.4) is 0 Å². The SMILES string of the molecule is COc1ccc(OC)c(/C=C(/C)C(C)O)c1. The number of methoxy groups -OCH3 is 2. The Balaban J connectivity index is 3.14. The molecular formula is C13H18O3. The summed E-state index contributed by atoms with van der Waals surface area (Å²) in [6.45, 7) is 3.61. The van der Waals surface area contributed by atoms with Crippen molar-refractivity contribution in [2.24, 2.45) is 0 Å². The van der Waals surface area contributed by atoms with Gasteiger partial charge in [-0.15, -0.1) is 0 Å². The molecule has 3 heteroatoms. The van der Waals surface area contributed by atoms with Crippen LogP contribution in [0.4, 0.5) is 0 Å². The minimum atomic E-state index is -0.462. The predicted octanol–water partition coefficient (Wildman–Crippen LogP) is 2.49. The van der Waals surface area contributed by atoms with Gasteiger partial charge in [-0.3, -0.25) is 0 Å². The van der Waals surface area contributed by atoms with Crippen molar-refractivity contribution < 1.29 is 14.6 Å². The topological polar surface area (TPSA) is 38.7 Å². The molecular weight excluding hydrogens is 204 g/mol. The Kier molecular flexibility index (Phi) is 4.38. The van der Waals surface area contributed by atoms with E-state index in [9.17, 15) is 5.11 Å². The smallest absolute Gasteiger partial charge is 0.126 e. The number of rotatable bonds is 4. The van der Waals surface area contributed by atoms with Gasteiger partial charge in [0.25, 0.3) is 0 Å². The summed E-state index contributed by atoms with van der Waals surface area (Å²) in [5, 5.41) is 9.43. The molecule has 1 aromatic carbocycles. The second-order valence-corrected chi connectivity index (χ2v) is 3.67. The second kappa shape index (κ2) is 5.56. The van der Waals surface area contributed by atoms with Gasteiger partial charge in [0.15, 0.2) is 0 Å².